The molecule has 1 N–H and O–H groups in total. The van der Waals surface area contributed by atoms with Gasteiger partial charge in [0, 0.05) is 30.7 Å². The van der Waals surface area contributed by atoms with E-state index in [4.69, 9.17) is 5.26 Å². The summed E-state index contributed by atoms with van der Waals surface area (Å²) in [6.07, 6.45) is 7.39. The van der Waals surface area contributed by atoms with Gasteiger partial charge in [0.25, 0.3) is 0 Å². The second-order valence-electron chi connectivity index (χ2n) is 6.67. The molecule has 26 heavy (non-hydrogen) atoms. The van der Waals surface area contributed by atoms with Crippen LogP contribution in [0.4, 0.5) is 5.82 Å². The largest absolute Gasteiger partial charge is 0.346 e. The molecule has 1 aliphatic carbocycles. The normalized spacial score (nSPS) is 16.9. The molecule has 0 unspecified atom stereocenters. The van der Waals surface area contributed by atoms with Crippen LogP contribution in [0.2, 0.25) is 0 Å². The lowest BCUT2D eigenvalue weighted by atomic mass is 9.97. The van der Waals surface area contributed by atoms with Crippen molar-refractivity contribution in [2.24, 2.45) is 0 Å². The molecule has 7 nitrogen and oxygen atoms in total. The molecule has 2 aromatic heterocycles. The van der Waals surface area contributed by atoms with E-state index in [1.165, 1.54) is 0 Å². The van der Waals surface area contributed by atoms with Crippen molar-refractivity contribution in [1.82, 2.24) is 14.9 Å². The molecule has 1 fully saturated rings. The molecule has 0 aromatic carbocycles. The molecule has 1 aliphatic heterocycles. The van der Waals surface area contributed by atoms with Gasteiger partial charge in [0.15, 0.2) is 0 Å². The van der Waals surface area contributed by atoms with Crippen LogP contribution in [-0.4, -0.2) is 46.3 Å². The van der Waals surface area contributed by atoms with Gasteiger partial charge in [-0.1, -0.05) is 6.08 Å². The van der Waals surface area contributed by atoms with Gasteiger partial charge < -0.3 is 9.88 Å². The summed E-state index contributed by atoms with van der Waals surface area (Å²) >= 11 is 0. The van der Waals surface area contributed by atoms with Crippen LogP contribution in [0, 0.1) is 11.3 Å². The van der Waals surface area contributed by atoms with Gasteiger partial charge in [0.2, 0.25) is 12.3 Å². The number of amides is 2. The monoisotopic (exact) mass is 349 g/mol. The molecule has 0 radical (unpaired) electrons. The zero-order valence-electron chi connectivity index (χ0n) is 14.3. The maximum atomic E-state index is 11.9. The first-order valence-electron chi connectivity index (χ1n) is 8.77. The Morgan fingerprint density at radius 1 is 1.50 bits per heavy atom. The molecule has 2 amide bonds. The summed E-state index contributed by atoms with van der Waals surface area (Å²) < 4.78 is 0. The Morgan fingerprint density at radius 3 is 3.00 bits per heavy atom. The number of H-pyrrole nitrogens is 1. The molecule has 2 aliphatic rings. The number of fused-ring (bicyclic) bond motifs is 1. The van der Waals surface area contributed by atoms with Crippen molar-refractivity contribution in [3.05, 3.63) is 30.0 Å². The average molecular weight is 349 g/mol. The number of aromatic amines is 1. The maximum absolute atomic E-state index is 11.9. The lowest BCUT2D eigenvalue weighted by molar-refractivity contribution is -0.129. The Morgan fingerprint density at radius 2 is 2.35 bits per heavy atom. The average Bonchev–Trinajstić information content (AvgIpc) is 3.38. The fraction of sp³-hybridized carbons (Fsp3) is 0.368. The first kappa shape index (κ1) is 16.3. The Balaban J connectivity index is 1.68. The van der Waals surface area contributed by atoms with E-state index in [2.05, 4.69) is 9.97 Å². The van der Waals surface area contributed by atoms with Crippen LogP contribution in [0.1, 0.15) is 31.2 Å². The molecule has 2 aromatic rings. The van der Waals surface area contributed by atoms with E-state index in [-0.39, 0.29) is 18.4 Å². The third-order valence-electron chi connectivity index (χ3n) is 4.97. The summed E-state index contributed by atoms with van der Waals surface area (Å²) in [7, 11) is 0. The summed E-state index contributed by atoms with van der Waals surface area (Å²) in [6.45, 7) is 1.09. The van der Waals surface area contributed by atoms with Crippen LogP contribution in [0.3, 0.4) is 0 Å². The Bertz CT molecular complexity index is 935. The number of carbonyl (C=O) groups excluding carboxylic acids is 2. The van der Waals surface area contributed by atoms with E-state index in [0.717, 1.165) is 41.4 Å². The van der Waals surface area contributed by atoms with E-state index in [1.54, 1.807) is 9.80 Å². The van der Waals surface area contributed by atoms with Gasteiger partial charge in [0.05, 0.1) is 6.07 Å². The van der Waals surface area contributed by atoms with Crippen LogP contribution < -0.4 is 4.90 Å². The van der Waals surface area contributed by atoms with E-state index < -0.39 is 0 Å². The molecule has 0 saturated heterocycles. The molecule has 0 bridgehead atoms. The summed E-state index contributed by atoms with van der Waals surface area (Å²) in [4.78, 5) is 34.6. The number of anilines is 1. The lowest BCUT2D eigenvalue weighted by Crippen LogP contribution is -2.34. The first-order chi connectivity index (χ1) is 12.7. The smallest absolute Gasteiger partial charge is 0.237 e. The lowest BCUT2D eigenvalue weighted by Gasteiger charge is -2.26. The summed E-state index contributed by atoms with van der Waals surface area (Å²) in [5.41, 5.74) is 2.95. The van der Waals surface area contributed by atoms with Crippen molar-refractivity contribution < 1.29 is 9.59 Å². The summed E-state index contributed by atoms with van der Waals surface area (Å²) in [5.74, 6) is 0.530. The van der Waals surface area contributed by atoms with Gasteiger partial charge in [-0.25, -0.2) is 4.98 Å². The molecular weight excluding hydrogens is 330 g/mol. The van der Waals surface area contributed by atoms with Gasteiger partial charge in [-0.2, -0.15) is 5.26 Å². The highest BCUT2D eigenvalue weighted by Crippen LogP contribution is 2.35. The third-order valence-corrected chi connectivity index (χ3v) is 4.97. The number of rotatable bonds is 5. The van der Waals surface area contributed by atoms with Crippen LogP contribution >= 0.6 is 0 Å². The summed E-state index contributed by atoms with van der Waals surface area (Å²) in [6, 6.07) is 6.12. The minimum atomic E-state index is -0.133. The Kier molecular flexibility index (Phi) is 4.17. The molecule has 0 spiro atoms. The number of aromatic nitrogens is 2. The van der Waals surface area contributed by atoms with Crippen LogP contribution in [0.25, 0.3) is 16.6 Å². The Hall–Kier alpha value is -3.14. The number of carbonyl (C=O) groups is 2. The fourth-order valence-electron chi connectivity index (χ4n) is 3.42. The number of hydrogen-bond acceptors (Lipinski definition) is 4. The molecule has 7 heteroatoms. The highest BCUT2D eigenvalue weighted by Gasteiger charge is 2.31. The number of pyridine rings is 1. The zero-order valence-corrected chi connectivity index (χ0v) is 14.3. The van der Waals surface area contributed by atoms with Crippen molar-refractivity contribution >= 4 is 34.7 Å². The second kappa shape index (κ2) is 6.64. The van der Waals surface area contributed by atoms with E-state index in [0.29, 0.717) is 25.3 Å². The highest BCUT2D eigenvalue weighted by atomic mass is 16.2. The van der Waals surface area contributed by atoms with Crippen LogP contribution in [0.15, 0.2) is 24.4 Å². The van der Waals surface area contributed by atoms with E-state index in [1.807, 2.05) is 30.5 Å². The first-order valence-corrected chi connectivity index (χ1v) is 8.77. The van der Waals surface area contributed by atoms with Crippen LogP contribution in [-0.2, 0) is 9.59 Å². The minimum absolute atomic E-state index is 0.0830. The molecule has 0 atom stereocenters. The van der Waals surface area contributed by atoms with Gasteiger partial charge in [-0.15, -0.1) is 0 Å². The van der Waals surface area contributed by atoms with Crippen molar-refractivity contribution in [2.75, 3.05) is 18.0 Å². The van der Waals surface area contributed by atoms with Crippen molar-refractivity contribution in [3.63, 3.8) is 0 Å². The number of nitrogens with zero attached hydrogens (tertiary/aromatic N) is 4. The SMILES string of the molecule is N#CCC(=O)N1CC=C(c2cc(N(C=O)C3CC3)nc3[nH]ccc23)CC1. The standard InChI is InChI=1S/C19H19N5O2/c20-7-3-18(26)23-9-5-13(6-10-23)16-11-17(24(12-25)14-1-2-14)22-19-15(16)4-8-21-19/h4-5,8,11-12,14H,1-3,6,9-10H2,(H,21,22). The minimum Gasteiger partial charge on any atom is -0.346 e. The van der Waals surface area contributed by atoms with Gasteiger partial charge in [-0.05, 0) is 42.5 Å². The molecule has 132 valence electrons. The quantitative estimate of drug-likeness (QED) is 0.838. The van der Waals surface area contributed by atoms with Crippen molar-refractivity contribution in [3.8, 4) is 6.07 Å². The predicted octanol–water partition coefficient (Wildman–Crippen LogP) is 2.22. The number of nitriles is 1. The second-order valence-corrected chi connectivity index (χ2v) is 6.67. The van der Waals surface area contributed by atoms with Crippen molar-refractivity contribution in [1.29, 1.82) is 5.26 Å². The Labute approximate surface area is 150 Å². The van der Waals surface area contributed by atoms with Gasteiger partial charge in [0.1, 0.15) is 17.9 Å². The van der Waals surface area contributed by atoms with Crippen molar-refractivity contribution in [2.45, 2.75) is 31.7 Å². The molecular formula is C19H19N5O2. The van der Waals surface area contributed by atoms with E-state index >= 15 is 0 Å². The number of nitrogens with one attached hydrogen (secondary N) is 1. The zero-order chi connectivity index (χ0) is 18.1. The topological polar surface area (TPSA) is 93.1 Å². The molecule has 3 heterocycles. The molecule has 4 rings (SSSR count). The van der Waals surface area contributed by atoms with Gasteiger partial charge in [-0.3, -0.25) is 14.5 Å². The maximum Gasteiger partial charge on any atom is 0.237 e. The predicted molar refractivity (Wildman–Crippen MR) is 97.1 cm³/mol. The number of hydrogen-bond donors (Lipinski definition) is 1. The molecule has 1 saturated carbocycles. The van der Waals surface area contributed by atoms with Gasteiger partial charge >= 0.3 is 0 Å². The third kappa shape index (κ3) is 2.94. The van der Waals surface area contributed by atoms with Crippen LogP contribution in [0.5, 0.6) is 0 Å². The van der Waals surface area contributed by atoms with E-state index in [9.17, 15) is 9.59 Å². The fourth-order valence-corrected chi connectivity index (χ4v) is 3.42. The summed E-state index contributed by atoms with van der Waals surface area (Å²) in [5, 5.41) is 9.70. The highest BCUT2D eigenvalue weighted by molar-refractivity contribution is 5.94.